The molecule has 0 unspecified atom stereocenters. The first-order valence-electron chi connectivity index (χ1n) is 5.07. The lowest BCUT2D eigenvalue weighted by molar-refractivity contribution is 0.571. The molecule has 0 saturated heterocycles. The summed E-state index contributed by atoms with van der Waals surface area (Å²) >= 11 is 0. The Bertz CT molecular complexity index is 402. The van der Waals surface area contributed by atoms with Gasteiger partial charge < -0.3 is 5.43 Å². The minimum atomic E-state index is -0.670. The van der Waals surface area contributed by atoms with Crippen molar-refractivity contribution in [3.63, 3.8) is 0 Å². The lowest BCUT2D eigenvalue weighted by atomic mass is 10.1. The van der Waals surface area contributed by atoms with Crippen LogP contribution >= 0.6 is 0 Å². The third-order valence-electron chi connectivity index (χ3n) is 2.15. The summed E-state index contributed by atoms with van der Waals surface area (Å²) in [5.74, 6) is 3.96. The number of nitrogens with two attached hydrogens (primary N) is 1. The van der Waals surface area contributed by atoms with Crippen molar-refractivity contribution in [2.75, 3.05) is 6.54 Å². The van der Waals surface area contributed by atoms with E-state index in [1.807, 2.05) is 6.92 Å². The second kappa shape index (κ2) is 5.55. The quantitative estimate of drug-likeness (QED) is 0.358. The molecule has 0 aliphatic carbocycles. The predicted molar refractivity (Wildman–Crippen MR) is 60.1 cm³/mol. The molecule has 0 saturated carbocycles. The standard InChI is InChI=1S/C11H15F2N3/c1-3-6-15-11(16-14)9-8(12)5-4-7(2)10(9)13/h4-5H,3,6,14H2,1-2H3,(H,15,16). The van der Waals surface area contributed by atoms with Crippen LogP contribution in [0.25, 0.3) is 0 Å². The van der Waals surface area contributed by atoms with E-state index in [0.29, 0.717) is 12.1 Å². The van der Waals surface area contributed by atoms with E-state index in [4.69, 9.17) is 5.84 Å². The molecule has 0 bridgehead atoms. The fourth-order valence-electron chi connectivity index (χ4n) is 1.29. The van der Waals surface area contributed by atoms with Crippen LogP contribution in [0.2, 0.25) is 0 Å². The number of aryl methyl sites for hydroxylation is 1. The molecule has 0 fully saturated rings. The molecule has 1 rings (SSSR count). The zero-order valence-electron chi connectivity index (χ0n) is 9.35. The van der Waals surface area contributed by atoms with Crippen LogP contribution in [-0.4, -0.2) is 12.4 Å². The zero-order valence-corrected chi connectivity index (χ0v) is 9.35. The van der Waals surface area contributed by atoms with E-state index in [0.717, 1.165) is 6.42 Å². The lowest BCUT2D eigenvalue weighted by Crippen LogP contribution is -2.33. The fraction of sp³-hybridized carbons (Fsp3) is 0.364. The highest BCUT2D eigenvalue weighted by Gasteiger charge is 2.16. The summed E-state index contributed by atoms with van der Waals surface area (Å²) in [5.41, 5.74) is 2.39. The van der Waals surface area contributed by atoms with Gasteiger partial charge in [0.05, 0.1) is 5.56 Å². The molecule has 1 aromatic carbocycles. The predicted octanol–water partition coefficient (Wildman–Crippen LogP) is 1.89. The zero-order chi connectivity index (χ0) is 12.1. The molecule has 1 aromatic rings. The summed E-state index contributed by atoms with van der Waals surface area (Å²) in [6, 6.07) is 2.58. The Balaban J connectivity index is 3.24. The highest BCUT2D eigenvalue weighted by Crippen LogP contribution is 2.16. The van der Waals surface area contributed by atoms with E-state index >= 15 is 0 Å². The van der Waals surface area contributed by atoms with Crippen LogP contribution in [-0.2, 0) is 0 Å². The molecule has 0 amide bonds. The van der Waals surface area contributed by atoms with Crippen molar-refractivity contribution in [2.45, 2.75) is 20.3 Å². The second-order valence-electron chi connectivity index (χ2n) is 3.43. The molecule has 0 atom stereocenters. The molecule has 16 heavy (non-hydrogen) atoms. The highest BCUT2D eigenvalue weighted by molar-refractivity contribution is 5.99. The van der Waals surface area contributed by atoms with Gasteiger partial charge in [-0.15, -0.1) is 0 Å². The van der Waals surface area contributed by atoms with Crippen LogP contribution in [0.1, 0.15) is 24.5 Å². The number of hydrogen-bond donors (Lipinski definition) is 2. The number of nitrogens with one attached hydrogen (secondary N) is 1. The average molecular weight is 227 g/mol. The minimum Gasteiger partial charge on any atom is -0.308 e. The Kier molecular flexibility index (Phi) is 4.37. The molecule has 3 N–H and O–H groups in total. The third-order valence-corrected chi connectivity index (χ3v) is 2.15. The number of nitrogens with zero attached hydrogens (tertiary/aromatic N) is 1. The number of halogens is 2. The van der Waals surface area contributed by atoms with Crippen LogP contribution in [0.4, 0.5) is 8.78 Å². The maximum Gasteiger partial charge on any atom is 0.148 e. The number of benzene rings is 1. The first-order chi connectivity index (χ1) is 7.61. The Morgan fingerprint density at radius 1 is 1.44 bits per heavy atom. The molecular weight excluding hydrogens is 212 g/mol. The molecule has 0 aliphatic heterocycles. The van der Waals surface area contributed by atoms with Gasteiger partial charge in [-0.2, -0.15) is 0 Å². The number of amidine groups is 1. The van der Waals surface area contributed by atoms with Gasteiger partial charge in [0.25, 0.3) is 0 Å². The van der Waals surface area contributed by atoms with Crippen molar-refractivity contribution in [1.82, 2.24) is 5.43 Å². The van der Waals surface area contributed by atoms with Gasteiger partial charge in [-0.05, 0) is 25.0 Å². The van der Waals surface area contributed by atoms with E-state index in [-0.39, 0.29) is 11.4 Å². The third kappa shape index (κ3) is 2.55. The monoisotopic (exact) mass is 227 g/mol. The summed E-state index contributed by atoms with van der Waals surface area (Å²) in [6.45, 7) is 3.94. The first-order valence-corrected chi connectivity index (χ1v) is 5.07. The smallest absolute Gasteiger partial charge is 0.148 e. The van der Waals surface area contributed by atoms with E-state index in [1.165, 1.54) is 12.1 Å². The maximum atomic E-state index is 13.7. The minimum absolute atomic E-state index is 0.0422. The van der Waals surface area contributed by atoms with Crippen molar-refractivity contribution in [3.05, 3.63) is 34.9 Å². The largest absolute Gasteiger partial charge is 0.308 e. The van der Waals surface area contributed by atoms with Crippen molar-refractivity contribution >= 4 is 5.84 Å². The van der Waals surface area contributed by atoms with E-state index in [9.17, 15) is 8.78 Å². The van der Waals surface area contributed by atoms with E-state index in [2.05, 4.69) is 10.4 Å². The molecule has 3 nitrogen and oxygen atoms in total. The normalized spacial score (nSPS) is 11.7. The molecule has 5 heteroatoms. The average Bonchev–Trinajstić information content (AvgIpc) is 2.28. The summed E-state index contributed by atoms with van der Waals surface area (Å²) in [6.07, 6.45) is 0.778. The lowest BCUT2D eigenvalue weighted by Gasteiger charge is -2.09. The Hall–Kier alpha value is -1.49. The number of hydrazine groups is 1. The van der Waals surface area contributed by atoms with Gasteiger partial charge in [-0.25, -0.2) is 14.6 Å². The van der Waals surface area contributed by atoms with E-state index in [1.54, 1.807) is 6.92 Å². The molecule has 0 aromatic heterocycles. The van der Waals surface area contributed by atoms with Gasteiger partial charge in [0.2, 0.25) is 0 Å². The first kappa shape index (κ1) is 12.6. The summed E-state index contributed by atoms with van der Waals surface area (Å²) in [4.78, 5) is 3.99. The van der Waals surface area contributed by atoms with Crippen molar-refractivity contribution in [1.29, 1.82) is 0 Å². The van der Waals surface area contributed by atoms with Gasteiger partial charge in [0.1, 0.15) is 17.5 Å². The number of aliphatic imine (C=N–C) groups is 1. The van der Waals surface area contributed by atoms with Crippen LogP contribution in [0.3, 0.4) is 0 Å². The number of rotatable bonds is 3. The highest BCUT2D eigenvalue weighted by atomic mass is 19.1. The molecule has 0 spiro atoms. The number of hydrogen-bond acceptors (Lipinski definition) is 2. The Labute approximate surface area is 93.3 Å². The topological polar surface area (TPSA) is 50.4 Å². The molecule has 0 heterocycles. The van der Waals surface area contributed by atoms with Gasteiger partial charge in [-0.3, -0.25) is 4.99 Å². The van der Waals surface area contributed by atoms with Crippen molar-refractivity contribution in [3.8, 4) is 0 Å². The molecule has 0 aliphatic rings. The van der Waals surface area contributed by atoms with Crippen molar-refractivity contribution in [2.24, 2.45) is 10.8 Å². The van der Waals surface area contributed by atoms with Gasteiger partial charge in [0, 0.05) is 6.54 Å². The fourth-order valence-corrected chi connectivity index (χ4v) is 1.29. The van der Waals surface area contributed by atoms with Crippen LogP contribution in [0.15, 0.2) is 17.1 Å². The Morgan fingerprint density at radius 2 is 2.12 bits per heavy atom. The van der Waals surface area contributed by atoms with Crippen LogP contribution in [0.5, 0.6) is 0 Å². The van der Waals surface area contributed by atoms with Crippen LogP contribution < -0.4 is 11.3 Å². The second-order valence-corrected chi connectivity index (χ2v) is 3.43. The maximum absolute atomic E-state index is 13.7. The molecule has 0 radical (unpaired) electrons. The summed E-state index contributed by atoms with van der Waals surface area (Å²) < 4.78 is 27.2. The van der Waals surface area contributed by atoms with Gasteiger partial charge >= 0.3 is 0 Å². The van der Waals surface area contributed by atoms with E-state index < -0.39 is 11.6 Å². The SMILES string of the molecule is CCCN=C(NN)c1c(F)ccc(C)c1F. The molecular formula is C11H15F2N3. The van der Waals surface area contributed by atoms with Gasteiger partial charge in [-0.1, -0.05) is 13.0 Å². The summed E-state index contributed by atoms with van der Waals surface area (Å²) in [7, 11) is 0. The van der Waals surface area contributed by atoms with Crippen LogP contribution in [0, 0.1) is 18.6 Å². The summed E-state index contributed by atoms with van der Waals surface area (Å²) in [5, 5.41) is 0. The van der Waals surface area contributed by atoms with Crippen molar-refractivity contribution < 1.29 is 8.78 Å². The molecule has 88 valence electrons. The Morgan fingerprint density at radius 3 is 2.69 bits per heavy atom. The van der Waals surface area contributed by atoms with Gasteiger partial charge in [0.15, 0.2) is 0 Å².